The van der Waals surface area contributed by atoms with Gasteiger partial charge in [-0.1, -0.05) is 0 Å². The number of hydrogen-bond acceptors (Lipinski definition) is 3. The predicted octanol–water partition coefficient (Wildman–Crippen LogP) is 0.326. The van der Waals surface area contributed by atoms with Gasteiger partial charge in [0.05, 0.1) is 6.61 Å². The second kappa shape index (κ2) is 4.99. The normalized spacial score (nSPS) is 13.2. The van der Waals surface area contributed by atoms with Gasteiger partial charge in [-0.25, -0.2) is 4.98 Å². The van der Waals surface area contributed by atoms with Crippen molar-refractivity contribution in [2.24, 2.45) is 12.8 Å². The average molecular weight is 183 g/mol. The predicted molar refractivity (Wildman–Crippen MR) is 51.4 cm³/mol. The van der Waals surface area contributed by atoms with Crippen LogP contribution in [0.15, 0.2) is 12.4 Å². The number of nitrogens with two attached hydrogens (primary N) is 1. The van der Waals surface area contributed by atoms with Gasteiger partial charge < -0.3 is 15.0 Å². The summed E-state index contributed by atoms with van der Waals surface area (Å²) in [4.78, 5) is 4.19. The molecule has 0 spiro atoms. The molecule has 0 aliphatic rings. The summed E-state index contributed by atoms with van der Waals surface area (Å²) in [5, 5.41) is 0. The van der Waals surface area contributed by atoms with E-state index in [4.69, 9.17) is 10.5 Å². The highest BCUT2D eigenvalue weighted by Gasteiger charge is 2.06. The van der Waals surface area contributed by atoms with Crippen LogP contribution in [0.5, 0.6) is 0 Å². The van der Waals surface area contributed by atoms with Crippen molar-refractivity contribution in [1.29, 1.82) is 0 Å². The average Bonchev–Trinajstić information content (AvgIpc) is 2.48. The molecule has 0 amide bonds. The molecule has 1 aromatic heterocycles. The molecule has 4 heteroatoms. The van der Waals surface area contributed by atoms with E-state index in [0.717, 1.165) is 12.2 Å². The second-order valence-electron chi connectivity index (χ2n) is 3.08. The van der Waals surface area contributed by atoms with E-state index < -0.39 is 0 Å². The summed E-state index contributed by atoms with van der Waals surface area (Å²) in [7, 11) is 1.97. The first-order valence-corrected chi connectivity index (χ1v) is 4.53. The van der Waals surface area contributed by atoms with Gasteiger partial charge in [0, 0.05) is 38.5 Å². The number of nitrogens with zero attached hydrogens (tertiary/aromatic N) is 2. The number of imidazole rings is 1. The van der Waals surface area contributed by atoms with Crippen LogP contribution in [0.25, 0.3) is 0 Å². The van der Waals surface area contributed by atoms with Crippen LogP contribution in [0, 0.1) is 0 Å². The van der Waals surface area contributed by atoms with Crippen LogP contribution in [0.3, 0.4) is 0 Å². The van der Waals surface area contributed by atoms with Crippen LogP contribution in [-0.2, 0) is 18.2 Å². The first-order valence-electron chi connectivity index (χ1n) is 4.53. The fourth-order valence-corrected chi connectivity index (χ4v) is 1.16. The molecule has 13 heavy (non-hydrogen) atoms. The summed E-state index contributed by atoms with van der Waals surface area (Å²) < 4.78 is 7.20. The van der Waals surface area contributed by atoms with E-state index in [-0.39, 0.29) is 6.04 Å². The molecule has 0 saturated heterocycles. The molecule has 1 aromatic rings. The van der Waals surface area contributed by atoms with Crippen LogP contribution in [-0.4, -0.2) is 28.8 Å². The fraction of sp³-hybridized carbons (Fsp3) is 0.667. The van der Waals surface area contributed by atoms with Crippen LogP contribution in [0.4, 0.5) is 0 Å². The van der Waals surface area contributed by atoms with E-state index in [0.29, 0.717) is 13.2 Å². The van der Waals surface area contributed by atoms with Gasteiger partial charge >= 0.3 is 0 Å². The Bertz CT molecular complexity index is 247. The molecule has 0 aliphatic heterocycles. The van der Waals surface area contributed by atoms with Crippen LogP contribution < -0.4 is 5.73 Å². The lowest BCUT2D eigenvalue weighted by Crippen LogP contribution is -2.29. The maximum Gasteiger partial charge on any atom is 0.110 e. The zero-order valence-electron chi connectivity index (χ0n) is 8.23. The molecule has 1 heterocycles. The van der Waals surface area contributed by atoms with E-state index in [9.17, 15) is 0 Å². The number of ether oxygens (including phenoxy) is 1. The lowest BCUT2D eigenvalue weighted by Gasteiger charge is -2.10. The fourth-order valence-electron chi connectivity index (χ4n) is 1.16. The Morgan fingerprint density at radius 3 is 3.00 bits per heavy atom. The molecule has 1 atom stereocenters. The largest absolute Gasteiger partial charge is 0.380 e. The zero-order chi connectivity index (χ0) is 9.68. The summed E-state index contributed by atoms with van der Waals surface area (Å²) in [6.07, 6.45) is 4.47. The smallest absolute Gasteiger partial charge is 0.110 e. The number of aromatic nitrogens is 2. The topological polar surface area (TPSA) is 53.1 Å². The van der Waals surface area contributed by atoms with Crippen molar-refractivity contribution in [1.82, 2.24) is 9.55 Å². The lowest BCUT2D eigenvalue weighted by atomic mass is 10.2. The molecule has 2 N–H and O–H groups in total. The molecular formula is C9H17N3O. The van der Waals surface area contributed by atoms with Crippen molar-refractivity contribution in [2.75, 3.05) is 13.2 Å². The van der Waals surface area contributed by atoms with Crippen molar-refractivity contribution in [2.45, 2.75) is 19.4 Å². The Kier molecular flexibility index (Phi) is 3.92. The number of rotatable bonds is 5. The van der Waals surface area contributed by atoms with Gasteiger partial charge in [-0.15, -0.1) is 0 Å². The minimum atomic E-state index is 0.0426. The lowest BCUT2D eigenvalue weighted by molar-refractivity contribution is 0.132. The summed E-state index contributed by atoms with van der Waals surface area (Å²) in [5.74, 6) is 1.01. The van der Waals surface area contributed by atoms with Crippen molar-refractivity contribution < 1.29 is 4.74 Å². The zero-order valence-corrected chi connectivity index (χ0v) is 8.23. The Morgan fingerprint density at radius 2 is 2.46 bits per heavy atom. The summed E-state index contributed by atoms with van der Waals surface area (Å²) in [5.41, 5.74) is 5.84. The van der Waals surface area contributed by atoms with Gasteiger partial charge in [0.1, 0.15) is 5.82 Å². The maximum atomic E-state index is 5.84. The van der Waals surface area contributed by atoms with Crippen molar-refractivity contribution in [3.8, 4) is 0 Å². The second-order valence-corrected chi connectivity index (χ2v) is 3.08. The Balaban J connectivity index is 2.36. The van der Waals surface area contributed by atoms with Crippen LogP contribution in [0.2, 0.25) is 0 Å². The SMILES string of the molecule is CCOCC(N)Cc1nccn1C. The highest BCUT2D eigenvalue weighted by Crippen LogP contribution is 1.98. The van der Waals surface area contributed by atoms with Gasteiger partial charge in [-0.3, -0.25) is 0 Å². The molecule has 1 unspecified atom stereocenters. The van der Waals surface area contributed by atoms with Crippen molar-refractivity contribution in [3.05, 3.63) is 18.2 Å². The van der Waals surface area contributed by atoms with E-state index in [1.165, 1.54) is 0 Å². The minimum Gasteiger partial charge on any atom is -0.380 e. The van der Waals surface area contributed by atoms with E-state index >= 15 is 0 Å². The monoisotopic (exact) mass is 183 g/mol. The maximum absolute atomic E-state index is 5.84. The van der Waals surface area contributed by atoms with Gasteiger partial charge in [-0.05, 0) is 6.92 Å². The quantitative estimate of drug-likeness (QED) is 0.715. The van der Waals surface area contributed by atoms with Crippen molar-refractivity contribution in [3.63, 3.8) is 0 Å². The van der Waals surface area contributed by atoms with E-state index in [1.54, 1.807) is 6.20 Å². The van der Waals surface area contributed by atoms with E-state index in [1.807, 2.05) is 24.7 Å². The molecular weight excluding hydrogens is 166 g/mol. The third-order valence-electron chi connectivity index (χ3n) is 1.90. The van der Waals surface area contributed by atoms with Crippen LogP contribution in [0.1, 0.15) is 12.7 Å². The Morgan fingerprint density at radius 1 is 1.69 bits per heavy atom. The molecule has 4 nitrogen and oxygen atoms in total. The van der Waals surface area contributed by atoms with E-state index in [2.05, 4.69) is 4.98 Å². The minimum absolute atomic E-state index is 0.0426. The highest BCUT2D eigenvalue weighted by molar-refractivity contribution is 4.93. The number of aryl methyl sites for hydroxylation is 1. The molecule has 0 aromatic carbocycles. The molecule has 0 radical (unpaired) electrons. The molecule has 0 aliphatic carbocycles. The molecule has 0 fully saturated rings. The van der Waals surface area contributed by atoms with Gasteiger partial charge in [0.25, 0.3) is 0 Å². The van der Waals surface area contributed by atoms with Crippen molar-refractivity contribution >= 4 is 0 Å². The number of hydrogen-bond donors (Lipinski definition) is 1. The summed E-state index contributed by atoms with van der Waals surface area (Å²) >= 11 is 0. The Labute approximate surface area is 78.7 Å². The molecule has 1 rings (SSSR count). The van der Waals surface area contributed by atoms with Gasteiger partial charge in [-0.2, -0.15) is 0 Å². The summed E-state index contributed by atoms with van der Waals surface area (Å²) in [6.45, 7) is 3.28. The Hall–Kier alpha value is -0.870. The third-order valence-corrected chi connectivity index (χ3v) is 1.90. The third kappa shape index (κ3) is 3.16. The van der Waals surface area contributed by atoms with Crippen LogP contribution >= 0.6 is 0 Å². The van der Waals surface area contributed by atoms with Gasteiger partial charge in [0.2, 0.25) is 0 Å². The standard InChI is InChI=1S/C9H17N3O/c1-3-13-7-8(10)6-9-11-4-5-12(9)2/h4-5,8H,3,6-7,10H2,1-2H3. The molecule has 74 valence electrons. The molecule has 0 saturated carbocycles. The highest BCUT2D eigenvalue weighted by atomic mass is 16.5. The summed E-state index contributed by atoms with van der Waals surface area (Å²) in [6, 6.07) is 0.0426. The first kappa shape index (κ1) is 10.2. The molecule has 0 bridgehead atoms. The van der Waals surface area contributed by atoms with Gasteiger partial charge in [0.15, 0.2) is 0 Å². The first-order chi connectivity index (χ1) is 6.24.